The van der Waals surface area contributed by atoms with Gasteiger partial charge in [-0.15, -0.1) is 0 Å². The third-order valence-corrected chi connectivity index (χ3v) is 5.66. The van der Waals surface area contributed by atoms with Crippen molar-refractivity contribution in [3.8, 4) is 11.5 Å². The van der Waals surface area contributed by atoms with Gasteiger partial charge in [-0.2, -0.15) is 5.10 Å². The highest BCUT2D eigenvalue weighted by Crippen LogP contribution is 2.32. The van der Waals surface area contributed by atoms with Gasteiger partial charge in [-0.3, -0.25) is 4.79 Å². The number of benzene rings is 2. The van der Waals surface area contributed by atoms with Gasteiger partial charge in [0, 0.05) is 33.8 Å². The van der Waals surface area contributed by atoms with Gasteiger partial charge in [0.1, 0.15) is 11.5 Å². The van der Waals surface area contributed by atoms with Gasteiger partial charge < -0.3 is 14.5 Å². The highest BCUT2D eigenvalue weighted by molar-refractivity contribution is 5.99. The Morgan fingerprint density at radius 1 is 1.19 bits per heavy atom. The Morgan fingerprint density at radius 2 is 2.03 bits per heavy atom. The number of H-pyrrole nitrogens is 1. The zero-order valence-electron chi connectivity index (χ0n) is 18.3. The van der Waals surface area contributed by atoms with E-state index in [1.54, 1.807) is 6.21 Å². The fourth-order valence-corrected chi connectivity index (χ4v) is 4.12. The second-order valence-electron chi connectivity index (χ2n) is 7.96. The maximum atomic E-state index is 12.7. The van der Waals surface area contributed by atoms with Crippen LogP contribution in [0.15, 0.2) is 41.5 Å². The van der Waals surface area contributed by atoms with E-state index >= 15 is 0 Å². The van der Waals surface area contributed by atoms with Crippen molar-refractivity contribution in [3.05, 3.63) is 58.8 Å². The van der Waals surface area contributed by atoms with E-state index in [1.807, 2.05) is 50.2 Å². The first-order chi connectivity index (χ1) is 15.1. The van der Waals surface area contributed by atoms with Gasteiger partial charge in [-0.25, -0.2) is 5.43 Å². The fourth-order valence-electron chi connectivity index (χ4n) is 4.12. The van der Waals surface area contributed by atoms with Crippen molar-refractivity contribution in [1.82, 2.24) is 10.4 Å². The quantitative estimate of drug-likeness (QED) is 0.424. The first kappa shape index (κ1) is 21.0. The standard InChI is InChI=1S/C25H29N3O3/c1-4-30-19-9-7-18(24(14-19)31-5-2)15-26-28-25(29)17-8-11-23-21(13-17)20-12-16(3)6-10-22(20)27-23/h7-9,11,13-16,27H,4-6,10,12H2,1-3H3,(H,28,29)/b26-15-. The molecule has 0 radical (unpaired) electrons. The number of nitrogens with one attached hydrogen (secondary N) is 2. The Balaban J connectivity index is 1.50. The van der Waals surface area contributed by atoms with E-state index in [0.717, 1.165) is 35.1 Å². The molecular weight excluding hydrogens is 390 g/mol. The van der Waals surface area contributed by atoms with Crippen LogP contribution in [0.2, 0.25) is 0 Å². The Kier molecular flexibility index (Phi) is 6.26. The largest absolute Gasteiger partial charge is 0.494 e. The first-order valence-corrected chi connectivity index (χ1v) is 11.0. The first-order valence-electron chi connectivity index (χ1n) is 11.0. The van der Waals surface area contributed by atoms with Crippen molar-refractivity contribution in [2.75, 3.05) is 13.2 Å². The number of rotatable bonds is 7. The molecule has 1 aromatic heterocycles. The maximum Gasteiger partial charge on any atom is 0.271 e. The number of carbonyl (C=O) groups is 1. The van der Waals surface area contributed by atoms with Crippen molar-refractivity contribution < 1.29 is 14.3 Å². The summed E-state index contributed by atoms with van der Waals surface area (Å²) in [4.78, 5) is 16.2. The molecule has 2 N–H and O–H groups in total. The lowest BCUT2D eigenvalue weighted by molar-refractivity contribution is 0.0955. The number of nitrogens with zero attached hydrogens (tertiary/aromatic N) is 1. The number of aryl methyl sites for hydroxylation is 1. The summed E-state index contributed by atoms with van der Waals surface area (Å²) in [6.45, 7) is 7.26. The molecule has 0 saturated heterocycles. The summed E-state index contributed by atoms with van der Waals surface area (Å²) in [7, 11) is 0. The van der Waals surface area contributed by atoms with Crippen LogP contribution in [0.5, 0.6) is 11.5 Å². The fraction of sp³-hybridized carbons (Fsp3) is 0.360. The molecule has 0 saturated carbocycles. The predicted molar refractivity (Wildman–Crippen MR) is 123 cm³/mol. The smallest absolute Gasteiger partial charge is 0.271 e. The topological polar surface area (TPSA) is 75.7 Å². The molecule has 1 aliphatic rings. The lowest BCUT2D eigenvalue weighted by Crippen LogP contribution is -2.17. The lowest BCUT2D eigenvalue weighted by Gasteiger charge is -2.18. The zero-order chi connectivity index (χ0) is 21.8. The highest BCUT2D eigenvalue weighted by atomic mass is 16.5. The number of amides is 1. The maximum absolute atomic E-state index is 12.7. The van der Waals surface area contributed by atoms with Crippen LogP contribution in [0, 0.1) is 5.92 Å². The molecule has 0 fully saturated rings. The average molecular weight is 420 g/mol. The number of carbonyl (C=O) groups excluding carboxylic acids is 1. The van der Waals surface area contributed by atoms with Gasteiger partial charge in [0.2, 0.25) is 0 Å². The molecule has 1 unspecified atom stereocenters. The summed E-state index contributed by atoms with van der Waals surface area (Å²) in [5.74, 6) is 1.84. The third kappa shape index (κ3) is 4.58. The minimum atomic E-state index is -0.235. The molecule has 2 aromatic carbocycles. The van der Waals surface area contributed by atoms with E-state index in [9.17, 15) is 4.79 Å². The molecule has 0 spiro atoms. The molecule has 4 rings (SSSR count). The molecule has 0 aliphatic heterocycles. The molecule has 1 atom stereocenters. The molecular formula is C25H29N3O3. The molecule has 3 aromatic rings. The van der Waals surface area contributed by atoms with Gasteiger partial charge in [-0.05, 0) is 74.9 Å². The molecule has 1 amide bonds. The van der Waals surface area contributed by atoms with Crippen LogP contribution in [-0.2, 0) is 12.8 Å². The number of hydrazone groups is 1. The minimum absolute atomic E-state index is 0.235. The van der Waals surface area contributed by atoms with Gasteiger partial charge in [0.25, 0.3) is 5.91 Å². The third-order valence-electron chi connectivity index (χ3n) is 5.66. The van der Waals surface area contributed by atoms with Crippen molar-refractivity contribution >= 4 is 23.0 Å². The normalized spacial score (nSPS) is 15.8. The van der Waals surface area contributed by atoms with Crippen LogP contribution >= 0.6 is 0 Å². The van der Waals surface area contributed by atoms with Crippen molar-refractivity contribution in [1.29, 1.82) is 0 Å². The van der Waals surface area contributed by atoms with Crippen LogP contribution < -0.4 is 14.9 Å². The highest BCUT2D eigenvalue weighted by Gasteiger charge is 2.20. The van der Waals surface area contributed by atoms with Crippen LogP contribution in [0.25, 0.3) is 10.9 Å². The van der Waals surface area contributed by atoms with Gasteiger partial charge >= 0.3 is 0 Å². The number of ether oxygens (including phenoxy) is 2. The van der Waals surface area contributed by atoms with Crippen LogP contribution in [0.3, 0.4) is 0 Å². The van der Waals surface area contributed by atoms with E-state index in [-0.39, 0.29) is 5.91 Å². The van der Waals surface area contributed by atoms with Crippen LogP contribution in [-0.4, -0.2) is 30.3 Å². The Labute approximate surface area is 182 Å². The second kappa shape index (κ2) is 9.25. The lowest BCUT2D eigenvalue weighted by atomic mass is 9.87. The zero-order valence-corrected chi connectivity index (χ0v) is 18.3. The molecule has 31 heavy (non-hydrogen) atoms. The molecule has 1 aliphatic carbocycles. The van der Waals surface area contributed by atoms with Crippen molar-refractivity contribution in [3.63, 3.8) is 0 Å². The minimum Gasteiger partial charge on any atom is -0.494 e. The second-order valence-corrected chi connectivity index (χ2v) is 7.96. The molecule has 1 heterocycles. The predicted octanol–water partition coefficient (Wildman–Crippen LogP) is 4.85. The average Bonchev–Trinajstić information content (AvgIpc) is 3.12. The Bertz CT molecular complexity index is 1120. The van der Waals surface area contributed by atoms with Crippen LogP contribution in [0.4, 0.5) is 0 Å². The summed E-state index contributed by atoms with van der Waals surface area (Å²) in [5, 5.41) is 5.29. The number of aromatic amines is 1. The number of hydrogen-bond acceptors (Lipinski definition) is 4. The SMILES string of the molecule is CCOc1ccc(/C=N\NC(=O)c2ccc3[nH]c4c(c3c2)CC(C)CC4)c(OCC)c1. The van der Waals surface area contributed by atoms with Gasteiger partial charge in [0.05, 0.1) is 19.4 Å². The summed E-state index contributed by atoms with van der Waals surface area (Å²) in [5.41, 5.74) is 7.76. The van der Waals surface area contributed by atoms with Crippen molar-refractivity contribution in [2.24, 2.45) is 11.0 Å². The summed E-state index contributed by atoms with van der Waals surface area (Å²) in [6.07, 6.45) is 4.92. The molecule has 6 nitrogen and oxygen atoms in total. The van der Waals surface area contributed by atoms with Gasteiger partial charge in [-0.1, -0.05) is 6.92 Å². The number of aromatic nitrogens is 1. The number of fused-ring (bicyclic) bond motifs is 3. The Hall–Kier alpha value is -3.28. The molecule has 0 bridgehead atoms. The molecule has 162 valence electrons. The van der Waals surface area contributed by atoms with E-state index < -0.39 is 0 Å². The summed E-state index contributed by atoms with van der Waals surface area (Å²) >= 11 is 0. The number of hydrogen-bond donors (Lipinski definition) is 2. The summed E-state index contributed by atoms with van der Waals surface area (Å²) < 4.78 is 11.2. The van der Waals surface area contributed by atoms with E-state index in [1.165, 1.54) is 17.7 Å². The monoisotopic (exact) mass is 419 g/mol. The van der Waals surface area contributed by atoms with Crippen molar-refractivity contribution in [2.45, 2.75) is 40.0 Å². The van der Waals surface area contributed by atoms with E-state index in [0.29, 0.717) is 30.4 Å². The molecule has 6 heteroatoms. The van der Waals surface area contributed by atoms with Gasteiger partial charge in [0.15, 0.2) is 0 Å². The Morgan fingerprint density at radius 3 is 2.84 bits per heavy atom. The van der Waals surface area contributed by atoms with Crippen LogP contribution in [0.1, 0.15) is 54.4 Å². The van der Waals surface area contributed by atoms with E-state index in [2.05, 4.69) is 22.4 Å². The summed E-state index contributed by atoms with van der Waals surface area (Å²) in [6, 6.07) is 11.3. The van der Waals surface area contributed by atoms with E-state index in [4.69, 9.17) is 9.47 Å².